The molecule has 0 aliphatic carbocycles. The summed E-state index contributed by atoms with van der Waals surface area (Å²) in [6.07, 6.45) is 1.71. The quantitative estimate of drug-likeness (QED) is 0.518. The summed E-state index contributed by atoms with van der Waals surface area (Å²) in [7, 11) is 0. The van der Waals surface area contributed by atoms with E-state index in [9.17, 15) is 4.79 Å². The molecule has 1 aliphatic rings. The molecule has 1 amide bonds. The van der Waals surface area contributed by atoms with E-state index < -0.39 is 0 Å². The van der Waals surface area contributed by atoms with Gasteiger partial charge in [0.1, 0.15) is 5.82 Å². The van der Waals surface area contributed by atoms with Gasteiger partial charge in [-0.25, -0.2) is 4.98 Å². The third-order valence-electron chi connectivity index (χ3n) is 5.25. The van der Waals surface area contributed by atoms with E-state index in [0.29, 0.717) is 49.3 Å². The first-order valence-corrected chi connectivity index (χ1v) is 10.3. The molecule has 0 unspecified atom stereocenters. The maximum absolute atomic E-state index is 12.8. The van der Waals surface area contributed by atoms with E-state index in [1.807, 2.05) is 60.7 Å². The third-order valence-corrected chi connectivity index (χ3v) is 5.25. The fourth-order valence-corrected chi connectivity index (χ4v) is 3.54. The molecule has 1 fully saturated rings. The topological polar surface area (TPSA) is 100 Å². The molecule has 0 atom stereocenters. The molecule has 4 heterocycles. The fourth-order valence-electron chi connectivity index (χ4n) is 3.54. The number of piperazine rings is 1. The predicted octanol–water partition coefficient (Wildman–Crippen LogP) is 3.23. The second-order valence-corrected chi connectivity index (χ2v) is 7.34. The molecule has 3 aromatic heterocycles. The summed E-state index contributed by atoms with van der Waals surface area (Å²) in [6, 6.07) is 20.7. The van der Waals surface area contributed by atoms with Crippen molar-refractivity contribution in [2.45, 2.75) is 0 Å². The summed E-state index contributed by atoms with van der Waals surface area (Å²) in [5.74, 6) is 2.57. The molecule has 0 bridgehead atoms. The molecule has 4 aromatic rings. The van der Waals surface area contributed by atoms with Crippen LogP contribution in [-0.2, 0) is 0 Å². The summed E-state index contributed by atoms with van der Waals surface area (Å²) in [4.78, 5) is 21.0. The molecule has 9 heteroatoms. The van der Waals surface area contributed by atoms with Crippen LogP contribution in [0.25, 0.3) is 11.3 Å². The maximum atomic E-state index is 12.8. The van der Waals surface area contributed by atoms with Gasteiger partial charge in [-0.05, 0) is 24.3 Å². The molecular formula is C23H21N7O2. The Bertz CT molecular complexity index is 1170. The lowest BCUT2D eigenvalue weighted by atomic mass is 10.1. The predicted molar refractivity (Wildman–Crippen MR) is 120 cm³/mol. The van der Waals surface area contributed by atoms with Gasteiger partial charge in [-0.15, -0.1) is 10.2 Å². The van der Waals surface area contributed by atoms with Crippen molar-refractivity contribution in [2.75, 3.05) is 36.4 Å². The number of hydrogen-bond acceptors (Lipinski definition) is 8. The van der Waals surface area contributed by atoms with Gasteiger partial charge in [0.25, 0.3) is 5.91 Å². The number of rotatable bonds is 5. The van der Waals surface area contributed by atoms with E-state index in [1.165, 1.54) is 0 Å². The van der Waals surface area contributed by atoms with Gasteiger partial charge < -0.3 is 19.6 Å². The van der Waals surface area contributed by atoms with Crippen LogP contribution in [0.1, 0.15) is 10.5 Å². The number of hydrogen-bond donors (Lipinski definition) is 1. The van der Waals surface area contributed by atoms with Gasteiger partial charge in [-0.1, -0.05) is 41.6 Å². The third kappa shape index (κ3) is 4.27. The summed E-state index contributed by atoms with van der Waals surface area (Å²) < 4.78 is 5.37. The molecule has 9 nitrogen and oxygen atoms in total. The lowest BCUT2D eigenvalue weighted by Gasteiger charge is -2.34. The molecule has 0 radical (unpaired) electrons. The number of nitrogens with one attached hydrogen (secondary N) is 1. The molecule has 1 aromatic carbocycles. The monoisotopic (exact) mass is 427 g/mol. The smallest absolute Gasteiger partial charge is 0.276 e. The molecule has 0 spiro atoms. The van der Waals surface area contributed by atoms with Gasteiger partial charge in [-0.2, -0.15) is 0 Å². The summed E-state index contributed by atoms with van der Waals surface area (Å²) in [6.45, 7) is 2.47. The Hall–Kier alpha value is -4.27. The van der Waals surface area contributed by atoms with Crippen LogP contribution in [0.15, 0.2) is 77.4 Å². The van der Waals surface area contributed by atoms with Crippen LogP contribution in [0.2, 0.25) is 0 Å². The highest BCUT2D eigenvalue weighted by Crippen LogP contribution is 2.21. The number of nitrogens with zero attached hydrogens (tertiary/aromatic N) is 6. The van der Waals surface area contributed by atoms with E-state index in [4.69, 9.17) is 4.52 Å². The minimum atomic E-state index is -0.128. The summed E-state index contributed by atoms with van der Waals surface area (Å²) in [5, 5.41) is 15.6. The van der Waals surface area contributed by atoms with E-state index in [0.717, 1.165) is 11.4 Å². The highest BCUT2D eigenvalue weighted by Gasteiger charge is 2.25. The first-order valence-electron chi connectivity index (χ1n) is 10.3. The average molecular weight is 427 g/mol. The van der Waals surface area contributed by atoms with Gasteiger partial charge in [0.05, 0.1) is 0 Å². The van der Waals surface area contributed by atoms with E-state index in [2.05, 4.69) is 30.6 Å². The fraction of sp³-hybridized carbons (Fsp3) is 0.174. The largest absolute Gasteiger partial charge is 0.355 e. The van der Waals surface area contributed by atoms with E-state index >= 15 is 0 Å². The van der Waals surface area contributed by atoms with Crippen molar-refractivity contribution < 1.29 is 9.32 Å². The number of carbonyl (C=O) groups is 1. The molecule has 160 valence electrons. The maximum Gasteiger partial charge on any atom is 0.276 e. The molecule has 0 saturated carbocycles. The molecular weight excluding hydrogens is 406 g/mol. The second kappa shape index (κ2) is 8.84. The molecule has 1 aliphatic heterocycles. The van der Waals surface area contributed by atoms with Gasteiger partial charge >= 0.3 is 0 Å². The molecule has 32 heavy (non-hydrogen) atoms. The Labute approximate surface area is 184 Å². The van der Waals surface area contributed by atoms with Crippen molar-refractivity contribution in [3.63, 3.8) is 0 Å². The van der Waals surface area contributed by atoms with Crippen molar-refractivity contribution in [1.82, 2.24) is 25.2 Å². The SMILES string of the molecule is O=C(c1cc(-c2ccccc2)on1)N1CCN(c2ccc(Nc3ccccn3)nn2)CC1. The number of pyridine rings is 1. The lowest BCUT2D eigenvalue weighted by Crippen LogP contribution is -2.49. The number of anilines is 3. The number of amides is 1. The first-order chi connectivity index (χ1) is 15.8. The van der Waals surface area contributed by atoms with Crippen LogP contribution in [0.4, 0.5) is 17.5 Å². The van der Waals surface area contributed by atoms with Crippen LogP contribution in [-0.4, -0.2) is 57.3 Å². The minimum Gasteiger partial charge on any atom is -0.355 e. The van der Waals surface area contributed by atoms with Crippen LogP contribution in [0.3, 0.4) is 0 Å². The van der Waals surface area contributed by atoms with E-state index in [-0.39, 0.29) is 5.91 Å². The zero-order valence-electron chi connectivity index (χ0n) is 17.3. The average Bonchev–Trinajstić information content (AvgIpc) is 3.36. The molecule has 1 N–H and O–H groups in total. The number of benzene rings is 1. The van der Waals surface area contributed by atoms with E-state index in [1.54, 1.807) is 17.2 Å². The number of aromatic nitrogens is 4. The van der Waals surface area contributed by atoms with Gasteiger partial charge in [-0.3, -0.25) is 4.79 Å². The molecule has 5 rings (SSSR count). The van der Waals surface area contributed by atoms with Crippen molar-refractivity contribution >= 4 is 23.4 Å². The standard InChI is InChI=1S/C23H21N7O2/c31-23(18-16-19(32-28-18)17-6-2-1-3-7-17)30-14-12-29(13-15-30)22-10-9-21(26-27-22)25-20-8-4-5-11-24-20/h1-11,16H,12-15H2,(H,24,25,26). The Kier molecular flexibility index (Phi) is 5.44. The van der Waals surface area contributed by atoms with Crippen LogP contribution in [0, 0.1) is 0 Å². The lowest BCUT2D eigenvalue weighted by molar-refractivity contribution is 0.0736. The van der Waals surface area contributed by atoms with Gasteiger partial charge in [0.15, 0.2) is 23.1 Å². The Morgan fingerprint density at radius 3 is 2.41 bits per heavy atom. The summed E-state index contributed by atoms with van der Waals surface area (Å²) in [5.41, 5.74) is 1.21. The van der Waals surface area contributed by atoms with Crippen molar-refractivity contribution in [3.05, 3.63) is 78.6 Å². The van der Waals surface area contributed by atoms with Crippen molar-refractivity contribution in [1.29, 1.82) is 0 Å². The Morgan fingerprint density at radius 1 is 0.875 bits per heavy atom. The van der Waals surface area contributed by atoms with Crippen molar-refractivity contribution in [2.24, 2.45) is 0 Å². The van der Waals surface area contributed by atoms with Crippen LogP contribution in [0.5, 0.6) is 0 Å². The highest BCUT2D eigenvalue weighted by molar-refractivity contribution is 5.93. The number of carbonyl (C=O) groups excluding carboxylic acids is 1. The Balaban J connectivity index is 1.18. The van der Waals surface area contributed by atoms with Gasteiger partial charge in [0, 0.05) is 44.0 Å². The molecule has 1 saturated heterocycles. The van der Waals surface area contributed by atoms with Crippen molar-refractivity contribution in [3.8, 4) is 11.3 Å². The first kappa shape index (κ1) is 19.7. The normalized spacial score (nSPS) is 13.8. The zero-order valence-corrected chi connectivity index (χ0v) is 17.3. The van der Waals surface area contributed by atoms with Crippen LogP contribution < -0.4 is 10.2 Å². The Morgan fingerprint density at radius 2 is 1.69 bits per heavy atom. The van der Waals surface area contributed by atoms with Gasteiger partial charge in [0.2, 0.25) is 0 Å². The highest BCUT2D eigenvalue weighted by atomic mass is 16.5. The van der Waals surface area contributed by atoms with Crippen LogP contribution >= 0.6 is 0 Å². The second-order valence-electron chi connectivity index (χ2n) is 7.34. The summed E-state index contributed by atoms with van der Waals surface area (Å²) >= 11 is 0. The minimum absolute atomic E-state index is 0.128. The zero-order chi connectivity index (χ0) is 21.8.